The van der Waals surface area contributed by atoms with Crippen molar-refractivity contribution in [1.82, 2.24) is 24.9 Å². The van der Waals surface area contributed by atoms with Crippen molar-refractivity contribution in [1.29, 1.82) is 0 Å². The van der Waals surface area contributed by atoms with Crippen molar-refractivity contribution in [2.24, 2.45) is 17.8 Å². The summed E-state index contributed by atoms with van der Waals surface area (Å²) < 4.78 is 8.83. The number of carbonyl (C=O) groups excluding carboxylic acids is 2. The summed E-state index contributed by atoms with van der Waals surface area (Å²) in [4.78, 5) is 27.1. The lowest BCUT2D eigenvalue weighted by molar-refractivity contribution is -0.00765. The number of anilines is 1. The predicted molar refractivity (Wildman–Crippen MR) is 149 cm³/mol. The fourth-order valence-corrected chi connectivity index (χ4v) is 7.74. The Balaban J connectivity index is 1.22. The highest BCUT2D eigenvalue weighted by Crippen LogP contribution is 2.61. The zero-order chi connectivity index (χ0) is 27.3. The molecule has 0 atom stereocenters. The van der Waals surface area contributed by atoms with Crippen molar-refractivity contribution in [3.05, 3.63) is 83.8 Å². The average molecular weight is 539 g/mol. The van der Waals surface area contributed by atoms with Crippen LogP contribution in [-0.2, 0) is 18.5 Å². The molecule has 0 radical (unpaired) electrons. The number of benzene rings is 1. The summed E-state index contributed by atoms with van der Waals surface area (Å²) in [5.74, 6) is 2.16. The van der Waals surface area contributed by atoms with E-state index in [9.17, 15) is 9.59 Å². The molecule has 9 nitrogen and oxygen atoms in total. The molecule has 9 heteroatoms. The van der Waals surface area contributed by atoms with Gasteiger partial charge in [-0.15, -0.1) is 0 Å². The quantitative estimate of drug-likeness (QED) is 0.315. The number of amides is 2. The second-order valence-corrected chi connectivity index (χ2v) is 11.8. The standard InChI is InChI=1S/C31H34N6O3/c1-2-36-19-26(27(34-36)30(39)32-17-24-9-6-10-40-24)33-29(38)25-18-37(23-7-4-3-5-8-23)35-28(25)31-14-20-11-21(15-31)13-22(12-20)16-31/h3-10,18-22H,2,11-17H2,1H3,(H,32,39)(H,33,38). The van der Waals surface area contributed by atoms with Crippen LogP contribution >= 0.6 is 0 Å². The van der Waals surface area contributed by atoms with Crippen molar-refractivity contribution in [2.45, 2.75) is 64.0 Å². The molecule has 2 N–H and O–H groups in total. The van der Waals surface area contributed by atoms with Crippen LogP contribution in [0.1, 0.15) is 77.7 Å². The van der Waals surface area contributed by atoms with Gasteiger partial charge in [0.05, 0.1) is 35.4 Å². The molecule has 0 unspecified atom stereocenters. The largest absolute Gasteiger partial charge is 0.467 e. The first-order valence-corrected chi connectivity index (χ1v) is 14.3. The second-order valence-electron chi connectivity index (χ2n) is 11.8. The zero-order valence-electron chi connectivity index (χ0n) is 22.7. The Hall–Kier alpha value is -4.14. The molecule has 0 spiro atoms. The van der Waals surface area contributed by atoms with E-state index in [1.807, 2.05) is 48.1 Å². The van der Waals surface area contributed by atoms with Gasteiger partial charge in [0.2, 0.25) is 0 Å². The van der Waals surface area contributed by atoms with E-state index in [0.717, 1.165) is 48.4 Å². The molecule has 0 saturated heterocycles. The van der Waals surface area contributed by atoms with Gasteiger partial charge >= 0.3 is 0 Å². The Kier molecular flexibility index (Phi) is 6.09. The lowest BCUT2D eigenvalue weighted by Gasteiger charge is -2.56. The number of aryl methyl sites for hydroxylation is 1. The molecular weight excluding hydrogens is 504 g/mol. The van der Waals surface area contributed by atoms with Gasteiger partial charge < -0.3 is 15.1 Å². The number of rotatable bonds is 8. The van der Waals surface area contributed by atoms with Crippen LogP contribution in [0.15, 0.2) is 65.5 Å². The van der Waals surface area contributed by atoms with Gasteiger partial charge in [-0.25, -0.2) is 4.68 Å². The molecule has 40 heavy (non-hydrogen) atoms. The van der Waals surface area contributed by atoms with Crippen LogP contribution in [0.5, 0.6) is 0 Å². The summed E-state index contributed by atoms with van der Waals surface area (Å²) in [6.45, 7) is 2.75. The fourth-order valence-electron chi connectivity index (χ4n) is 7.74. The smallest absolute Gasteiger partial charge is 0.274 e. The number of para-hydroxylation sites is 1. The van der Waals surface area contributed by atoms with Gasteiger partial charge in [-0.1, -0.05) is 18.2 Å². The molecule has 4 saturated carbocycles. The van der Waals surface area contributed by atoms with Crippen molar-refractivity contribution >= 4 is 17.5 Å². The molecule has 0 aliphatic heterocycles. The van der Waals surface area contributed by atoms with Crippen LogP contribution in [0.4, 0.5) is 5.69 Å². The Morgan fingerprint density at radius 3 is 2.33 bits per heavy atom. The minimum absolute atomic E-state index is 0.0711. The van der Waals surface area contributed by atoms with E-state index < -0.39 is 0 Å². The first-order chi connectivity index (χ1) is 19.5. The summed E-state index contributed by atoms with van der Waals surface area (Å²) in [5.41, 5.74) is 2.89. The number of nitrogens with one attached hydrogen (secondary N) is 2. The first-order valence-electron chi connectivity index (χ1n) is 14.3. The average Bonchev–Trinajstić information content (AvgIpc) is 3.72. The number of nitrogens with zero attached hydrogens (tertiary/aromatic N) is 4. The first kappa shape index (κ1) is 24.9. The van der Waals surface area contributed by atoms with Gasteiger partial charge in [-0.05, 0) is 87.5 Å². The monoisotopic (exact) mass is 538 g/mol. The van der Waals surface area contributed by atoms with Crippen LogP contribution in [-0.4, -0.2) is 31.4 Å². The summed E-state index contributed by atoms with van der Waals surface area (Å²) in [6, 6.07) is 13.5. The number of aromatic nitrogens is 4. The van der Waals surface area contributed by atoms with Gasteiger partial charge in [0.25, 0.3) is 11.8 Å². The van der Waals surface area contributed by atoms with Gasteiger partial charge in [-0.3, -0.25) is 14.3 Å². The van der Waals surface area contributed by atoms with Crippen LogP contribution in [0.2, 0.25) is 0 Å². The van der Waals surface area contributed by atoms with Crippen LogP contribution in [0.25, 0.3) is 5.69 Å². The number of hydrogen-bond acceptors (Lipinski definition) is 5. The molecule has 4 fully saturated rings. The summed E-state index contributed by atoms with van der Waals surface area (Å²) in [5, 5.41) is 15.4. The van der Waals surface area contributed by atoms with Crippen molar-refractivity contribution in [3.8, 4) is 5.69 Å². The zero-order valence-corrected chi connectivity index (χ0v) is 22.7. The Morgan fingerprint density at radius 2 is 1.68 bits per heavy atom. The van der Waals surface area contributed by atoms with E-state index in [1.54, 1.807) is 29.3 Å². The van der Waals surface area contributed by atoms with E-state index in [2.05, 4.69) is 15.7 Å². The van der Waals surface area contributed by atoms with E-state index in [0.29, 0.717) is 23.6 Å². The molecule has 1 aromatic carbocycles. The Bertz CT molecular complexity index is 1500. The van der Waals surface area contributed by atoms with E-state index in [-0.39, 0.29) is 29.5 Å². The van der Waals surface area contributed by atoms with Crippen molar-refractivity contribution in [2.75, 3.05) is 5.32 Å². The molecule has 2 amide bonds. The Labute approximate surface area is 232 Å². The van der Waals surface area contributed by atoms with Crippen LogP contribution in [0, 0.1) is 17.8 Å². The predicted octanol–water partition coefficient (Wildman–Crippen LogP) is 5.33. The highest BCUT2D eigenvalue weighted by atomic mass is 16.3. The number of hydrogen-bond donors (Lipinski definition) is 2. The van der Waals surface area contributed by atoms with Gasteiger partial charge in [0.15, 0.2) is 5.69 Å². The minimum atomic E-state index is -0.375. The lowest BCUT2D eigenvalue weighted by Crippen LogP contribution is -2.49. The maximum atomic E-state index is 14.0. The maximum Gasteiger partial charge on any atom is 0.274 e. The summed E-state index contributed by atoms with van der Waals surface area (Å²) >= 11 is 0. The van der Waals surface area contributed by atoms with E-state index in [1.165, 1.54) is 19.3 Å². The van der Waals surface area contributed by atoms with Crippen molar-refractivity contribution in [3.63, 3.8) is 0 Å². The molecule has 206 valence electrons. The third-order valence-corrected chi connectivity index (χ3v) is 9.07. The molecule has 3 aromatic heterocycles. The normalized spacial score (nSPS) is 24.8. The van der Waals surface area contributed by atoms with Gasteiger partial charge in [-0.2, -0.15) is 10.2 Å². The van der Waals surface area contributed by atoms with E-state index >= 15 is 0 Å². The van der Waals surface area contributed by atoms with Gasteiger partial charge in [0.1, 0.15) is 5.76 Å². The third kappa shape index (κ3) is 4.43. The molecule has 8 rings (SSSR count). The number of carbonyl (C=O) groups is 2. The second kappa shape index (κ2) is 9.80. The third-order valence-electron chi connectivity index (χ3n) is 9.07. The lowest BCUT2D eigenvalue weighted by atomic mass is 9.48. The molecule has 4 bridgehead atoms. The topological polar surface area (TPSA) is 107 Å². The molecule has 4 aliphatic rings. The minimum Gasteiger partial charge on any atom is -0.467 e. The van der Waals surface area contributed by atoms with Crippen LogP contribution in [0.3, 0.4) is 0 Å². The van der Waals surface area contributed by atoms with Gasteiger partial charge in [0, 0.05) is 24.4 Å². The molecule has 4 aliphatic carbocycles. The SMILES string of the molecule is CCn1cc(NC(=O)c2cn(-c3ccccc3)nc2C23CC4CC(CC(C4)C2)C3)c(C(=O)NCc2ccco2)n1. The molecule has 3 heterocycles. The summed E-state index contributed by atoms with van der Waals surface area (Å²) in [6.07, 6.45) is 12.4. The Morgan fingerprint density at radius 1 is 0.950 bits per heavy atom. The summed E-state index contributed by atoms with van der Waals surface area (Å²) in [7, 11) is 0. The molecule has 4 aromatic rings. The highest BCUT2D eigenvalue weighted by Gasteiger charge is 2.54. The number of furan rings is 1. The van der Waals surface area contributed by atoms with Crippen LogP contribution < -0.4 is 10.6 Å². The maximum absolute atomic E-state index is 14.0. The fraction of sp³-hybridized carbons (Fsp3) is 0.419. The van der Waals surface area contributed by atoms with Crippen molar-refractivity contribution < 1.29 is 14.0 Å². The molecular formula is C31H34N6O3. The van der Waals surface area contributed by atoms with E-state index in [4.69, 9.17) is 9.52 Å². The highest BCUT2D eigenvalue weighted by molar-refractivity contribution is 6.08.